The highest BCUT2D eigenvalue weighted by Gasteiger charge is 2.31. The van der Waals surface area contributed by atoms with Crippen LogP contribution in [0.4, 0.5) is 0 Å². The van der Waals surface area contributed by atoms with E-state index in [9.17, 15) is 4.79 Å². The summed E-state index contributed by atoms with van der Waals surface area (Å²) < 4.78 is 2.01. The van der Waals surface area contributed by atoms with Gasteiger partial charge in [0, 0.05) is 30.4 Å². The molecule has 3 rings (SSSR count). The molecule has 1 aromatic rings. The number of carbonyl (C=O) groups excluding carboxylic acids is 1. The van der Waals surface area contributed by atoms with Crippen LogP contribution in [-0.4, -0.2) is 46.3 Å². The summed E-state index contributed by atoms with van der Waals surface area (Å²) in [5.41, 5.74) is 3.12. The second kappa shape index (κ2) is 9.54. The van der Waals surface area contributed by atoms with Gasteiger partial charge in [0.05, 0.1) is 6.54 Å². The zero-order chi connectivity index (χ0) is 19.2. The number of aromatic nitrogens is 2. The summed E-state index contributed by atoms with van der Waals surface area (Å²) in [6.45, 7) is 11.9. The molecule has 5 nitrogen and oxygen atoms in total. The Hall–Kier alpha value is -1.62. The molecule has 1 aliphatic heterocycles. The maximum atomic E-state index is 13.3. The minimum absolute atomic E-state index is 0.138. The zero-order valence-electron chi connectivity index (χ0n) is 17.2. The number of rotatable bonds is 7. The molecule has 0 bridgehead atoms. The minimum atomic E-state index is 0.138. The number of nitrogens with zero attached hydrogens (tertiary/aromatic N) is 3. The SMILES string of the molecule is C=CCn1nc(C(=O)N2CCCCCC2)c2c1CC[C@@H](NCCC(C)C)C2. The number of amides is 1. The summed E-state index contributed by atoms with van der Waals surface area (Å²) in [7, 11) is 0. The second-order valence-electron chi connectivity index (χ2n) is 8.53. The summed E-state index contributed by atoms with van der Waals surface area (Å²) in [4.78, 5) is 15.3. The number of likely N-dealkylation sites (tertiary alicyclic amines) is 1. The third kappa shape index (κ3) is 5.01. The summed E-state index contributed by atoms with van der Waals surface area (Å²) in [5, 5.41) is 8.47. The Bertz CT molecular complexity index is 641. The van der Waals surface area contributed by atoms with E-state index in [0.717, 1.165) is 51.7 Å². The standard InChI is InChI=1S/C22H36N4O/c1-4-13-26-20-10-9-18(23-12-11-17(2)3)16-19(20)21(24-26)22(27)25-14-7-5-6-8-15-25/h4,17-18,23H,1,5-16H2,2-3H3/t18-/m1/s1. The third-order valence-electron chi connectivity index (χ3n) is 5.90. The zero-order valence-corrected chi connectivity index (χ0v) is 17.2. The van der Waals surface area contributed by atoms with Gasteiger partial charge in [-0.2, -0.15) is 5.10 Å². The number of carbonyl (C=O) groups is 1. The van der Waals surface area contributed by atoms with Crippen molar-refractivity contribution in [2.45, 2.75) is 77.8 Å². The molecule has 1 aliphatic carbocycles. The molecule has 1 fully saturated rings. The molecule has 0 spiro atoms. The van der Waals surface area contributed by atoms with Gasteiger partial charge in [0.2, 0.25) is 0 Å². The number of hydrogen-bond donors (Lipinski definition) is 1. The van der Waals surface area contributed by atoms with Gasteiger partial charge in [0.25, 0.3) is 5.91 Å². The van der Waals surface area contributed by atoms with Crippen molar-refractivity contribution in [2.75, 3.05) is 19.6 Å². The molecule has 1 atom stereocenters. The van der Waals surface area contributed by atoms with E-state index >= 15 is 0 Å². The van der Waals surface area contributed by atoms with Gasteiger partial charge in [-0.3, -0.25) is 9.48 Å². The topological polar surface area (TPSA) is 50.2 Å². The van der Waals surface area contributed by atoms with Gasteiger partial charge in [-0.05, 0) is 51.0 Å². The van der Waals surface area contributed by atoms with Gasteiger partial charge in [0.1, 0.15) is 0 Å². The Morgan fingerprint density at radius 2 is 2.04 bits per heavy atom. The largest absolute Gasteiger partial charge is 0.337 e. The Morgan fingerprint density at radius 3 is 2.70 bits per heavy atom. The lowest BCUT2D eigenvalue weighted by Gasteiger charge is -2.26. The first-order valence-corrected chi connectivity index (χ1v) is 10.8. The van der Waals surface area contributed by atoms with Crippen molar-refractivity contribution in [3.8, 4) is 0 Å². The first-order chi connectivity index (χ1) is 13.1. The van der Waals surface area contributed by atoms with E-state index in [-0.39, 0.29) is 5.91 Å². The van der Waals surface area contributed by atoms with Gasteiger partial charge in [-0.1, -0.05) is 32.8 Å². The fourth-order valence-corrected chi connectivity index (χ4v) is 4.31. The lowest BCUT2D eigenvalue weighted by molar-refractivity contribution is 0.0753. The van der Waals surface area contributed by atoms with Crippen molar-refractivity contribution < 1.29 is 4.79 Å². The van der Waals surface area contributed by atoms with E-state index in [1.807, 2.05) is 15.7 Å². The Kier molecular flexibility index (Phi) is 7.11. The van der Waals surface area contributed by atoms with E-state index in [1.165, 1.54) is 30.5 Å². The van der Waals surface area contributed by atoms with E-state index < -0.39 is 0 Å². The number of fused-ring (bicyclic) bond motifs is 1. The minimum Gasteiger partial charge on any atom is -0.337 e. The molecule has 5 heteroatoms. The lowest BCUT2D eigenvalue weighted by Crippen LogP contribution is -2.37. The average Bonchev–Trinajstić information content (AvgIpc) is 2.83. The molecule has 0 unspecified atom stereocenters. The van der Waals surface area contributed by atoms with Crippen molar-refractivity contribution >= 4 is 5.91 Å². The van der Waals surface area contributed by atoms with Crippen molar-refractivity contribution in [1.82, 2.24) is 20.0 Å². The first-order valence-electron chi connectivity index (χ1n) is 10.8. The van der Waals surface area contributed by atoms with Crippen molar-refractivity contribution in [3.63, 3.8) is 0 Å². The van der Waals surface area contributed by atoms with Crippen molar-refractivity contribution in [3.05, 3.63) is 29.6 Å². The van der Waals surface area contributed by atoms with E-state index in [4.69, 9.17) is 5.10 Å². The molecule has 0 radical (unpaired) electrons. The van der Waals surface area contributed by atoms with E-state index in [0.29, 0.717) is 24.2 Å². The van der Waals surface area contributed by atoms with E-state index in [2.05, 4.69) is 25.7 Å². The summed E-state index contributed by atoms with van der Waals surface area (Å²) in [5.74, 6) is 0.853. The smallest absolute Gasteiger partial charge is 0.274 e. The Balaban J connectivity index is 1.78. The molecule has 150 valence electrons. The maximum Gasteiger partial charge on any atom is 0.274 e. The predicted octanol–water partition coefficient (Wildman–Crippen LogP) is 3.58. The normalized spacial score (nSPS) is 20.4. The summed E-state index contributed by atoms with van der Waals surface area (Å²) >= 11 is 0. The van der Waals surface area contributed by atoms with Crippen LogP contribution in [0.5, 0.6) is 0 Å². The van der Waals surface area contributed by atoms with Gasteiger partial charge < -0.3 is 10.2 Å². The van der Waals surface area contributed by atoms with E-state index in [1.54, 1.807) is 0 Å². The Morgan fingerprint density at radius 1 is 1.30 bits per heavy atom. The fraction of sp³-hybridized carbons (Fsp3) is 0.727. The Labute approximate surface area is 164 Å². The van der Waals surface area contributed by atoms with Crippen molar-refractivity contribution in [2.24, 2.45) is 5.92 Å². The predicted molar refractivity (Wildman–Crippen MR) is 110 cm³/mol. The van der Waals surface area contributed by atoms with Gasteiger partial charge in [-0.25, -0.2) is 0 Å². The molecule has 1 amide bonds. The van der Waals surface area contributed by atoms with Gasteiger partial charge in [0.15, 0.2) is 5.69 Å². The lowest BCUT2D eigenvalue weighted by atomic mass is 9.90. The van der Waals surface area contributed by atoms with Crippen molar-refractivity contribution in [1.29, 1.82) is 0 Å². The van der Waals surface area contributed by atoms with Crippen LogP contribution in [0.2, 0.25) is 0 Å². The van der Waals surface area contributed by atoms with Crippen LogP contribution < -0.4 is 5.32 Å². The van der Waals surface area contributed by atoms with Crippen LogP contribution in [0.25, 0.3) is 0 Å². The molecule has 1 N–H and O–H groups in total. The second-order valence-corrected chi connectivity index (χ2v) is 8.53. The highest BCUT2D eigenvalue weighted by Crippen LogP contribution is 2.27. The molecule has 0 aromatic carbocycles. The van der Waals surface area contributed by atoms with Gasteiger partial charge in [-0.15, -0.1) is 6.58 Å². The van der Waals surface area contributed by atoms with Crippen LogP contribution >= 0.6 is 0 Å². The highest BCUT2D eigenvalue weighted by atomic mass is 16.2. The maximum absolute atomic E-state index is 13.3. The molecule has 27 heavy (non-hydrogen) atoms. The molecule has 1 aromatic heterocycles. The third-order valence-corrected chi connectivity index (χ3v) is 5.90. The van der Waals surface area contributed by atoms with Gasteiger partial charge >= 0.3 is 0 Å². The molecule has 2 heterocycles. The monoisotopic (exact) mass is 372 g/mol. The van der Waals surface area contributed by atoms with Crippen LogP contribution in [-0.2, 0) is 19.4 Å². The number of allylic oxidation sites excluding steroid dienone is 1. The molecule has 1 saturated heterocycles. The number of hydrogen-bond acceptors (Lipinski definition) is 3. The average molecular weight is 373 g/mol. The summed E-state index contributed by atoms with van der Waals surface area (Å²) in [6.07, 6.45) is 10.8. The molecular weight excluding hydrogens is 336 g/mol. The van der Waals surface area contributed by atoms with Crippen LogP contribution in [0, 0.1) is 5.92 Å². The molecule has 0 saturated carbocycles. The molecule has 2 aliphatic rings. The summed E-state index contributed by atoms with van der Waals surface area (Å²) in [6, 6.07) is 0.452. The molecular formula is C22H36N4O. The quantitative estimate of drug-likeness (QED) is 0.744. The van der Waals surface area contributed by atoms with Crippen LogP contribution in [0.3, 0.4) is 0 Å². The highest BCUT2D eigenvalue weighted by molar-refractivity contribution is 5.94. The first kappa shape index (κ1) is 20.1. The van der Waals surface area contributed by atoms with Crippen LogP contribution in [0.1, 0.15) is 74.1 Å². The number of nitrogens with one attached hydrogen (secondary N) is 1. The fourth-order valence-electron chi connectivity index (χ4n) is 4.31. The van der Waals surface area contributed by atoms with Crippen LogP contribution in [0.15, 0.2) is 12.7 Å².